The van der Waals surface area contributed by atoms with Crippen LogP contribution in [0, 0.1) is 11.3 Å². The summed E-state index contributed by atoms with van der Waals surface area (Å²) in [6.45, 7) is 0.0767. The van der Waals surface area contributed by atoms with Crippen LogP contribution >= 0.6 is 11.6 Å². The normalized spacial score (nSPS) is 14.0. The molecule has 0 amide bonds. The number of hydrogen-bond acceptors (Lipinski definition) is 7. The fourth-order valence-electron chi connectivity index (χ4n) is 4.23. The van der Waals surface area contributed by atoms with Crippen molar-refractivity contribution >= 4 is 17.6 Å². The quantitative estimate of drug-likeness (QED) is 0.213. The zero-order chi connectivity index (χ0) is 27.2. The van der Waals surface area contributed by atoms with Gasteiger partial charge in [-0.2, -0.15) is 5.26 Å². The van der Waals surface area contributed by atoms with Crippen LogP contribution < -0.4 is 24.7 Å². The second-order valence-corrected chi connectivity index (χ2v) is 9.07. The van der Waals surface area contributed by atoms with E-state index in [9.17, 15) is 10.1 Å². The van der Waals surface area contributed by atoms with Gasteiger partial charge in [-0.05, 0) is 41.5 Å². The number of carbonyl (C=O) groups excluding carboxylic acids is 1. The summed E-state index contributed by atoms with van der Waals surface area (Å²) in [5, 5.41) is 10.3. The monoisotopic (exact) mass is 538 g/mol. The van der Waals surface area contributed by atoms with E-state index < -0.39 is 11.9 Å². The van der Waals surface area contributed by atoms with Crippen molar-refractivity contribution in [1.29, 1.82) is 5.26 Å². The molecule has 4 aromatic rings. The standard InChI is InChI=1S/C31H23ClN2O5/c32-26-11-4-5-12-27(26)37-19-29(35)38-23-13-14-24-28(16-23)39-31(34)25(17-33)30(24)21-9-6-10-22(15-21)36-18-20-7-2-1-3-8-20/h1-16,30H,18-19,34H2. The molecule has 4 aromatic carbocycles. The summed E-state index contributed by atoms with van der Waals surface area (Å²) in [6, 6.07) is 31.3. The van der Waals surface area contributed by atoms with Gasteiger partial charge in [0.05, 0.1) is 10.9 Å². The van der Waals surface area contributed by atoms with Crippen LogP contribution in [0.15, 0.2) is 109 Å². The molecule has 0 saturated heterocycles. The number of allylic oxidation sites excluding steroid dienone is 1. The van der Waals surface area contributed by atoms with Crippen molar-refractivity contribution in [2.75, 3.05) is 6.61 Å². The second-order valence-electron chi connectivity index (χ2n) is 8.66. The molecule has 1 atom stereocenters. The van der Waals surface area contributed by atoms with Crippen LogP contribution in [0.1, 0.15) is 22.6 Å². The minimum Gasteiger partial charge on any atom is -0.489 e. The lowest BCUT2D eigenvalue weighted by Crippen LogP contribution is -2.21. The highest BCUT2D eigenvalue weighted by molar-refractivity contribution is 6.32. The van der Waals surface area contributed by atoms with Gasteiger partial charge < -0.3 is 24.7 Å². The Hall–Kier alpha value is -4.93. The molecule has 0 radical (unpaired) electrons. The summed E-state index contributed by atoms with van der Waals surface area (Å²) in [7, 11) is 0. The largest absolute Gasteiger partial charge is 0.489 e. The van der Waals surface area contributed by atoms with E-state index >= 15 is 0 Å². The lowest BCUT2D eigenvalue weighted by atomic mass is 9.83. The van der Waals surface area contributed by atoms with Gasteiger partial charge in [-0.15, -0.1) is 0 Å². The van der Waals surface area contributed by atoms with Crippen LogP contribution in [0.4, 0.5) is 0 Å². The second kappa shape index (κ2) is 11.6. The highest BCUT2D eigenvalue weighted by Gasteiger charge is 2.31. The van der Waals surface area contributed by atoms with Crippen molar-refractivity contribution in [1.82, 2.24) is 0 Å². The van der Waals surface area contributed by atoms with Gasteiger partial charge in [-0.3, -0.25) is 0 Å². The Balaban J connectivity index is 1.35. The summed E-state index contributed by atoms with van der Waals surface area (Å²) in [4.78, 5) is 12.4. The summed E-state index contributed by atoms with van der Waals surface area (Å²) in [6.07, 6.45) is 0. The average molecular weight is 539 g/mol. The number of carbonyl (C=O) groups is 1. The fourth-order valence-corrected chi connectivity index (χ4v) is 4.42. The third kappa shape index (κ3) is 5.98. The van der Waals surface area contributed by atoms with Crippen molar-refractivity contribution in [2.24, 2.45) is 5.73 Å². The predicted molar refractivity (Wildman–Crippen MR) is 146 cm³/mol. The third-order valence-electron chi connectivity index (χ3n) is 6.04. The molecular weight excluding hydrogens is 516 g/mol. The van der Waals surface area contributed by atoms with Crippen LogP contribution in [0.2, 0.25) is 5.02 Å². The van der Waals surface area contributed by atoms with Crippen molar-refractivity contribution in [3.8, 4) is 29.1 Å². The number of benzene rings is 4. The molecule has 0 saturated carbocycles. The van der Waals surface area contributed by atoms with Crippen molar-refractivity contribution in [3.05, 3.63) is 130 Å². The summed E-state index contributed by atoms with van der Waals surface area (Å²) >= 11 is 6.06. The van der Waals surface area contributed by atoms with E-state index in [1.54, 1.807) is 42.5 Å². The summed E-state index contributed by atoms with van der Waals surface area (Å²) < 4.78 is 22.6. The Labute approximate surface area is 230 Å². The minimum atomic E-state index is -0.619. The van der Waals surface area contributed by atoms with Crippen LogP contribution in [0.25, 0.3) is 0 Å². The number of ether oxygens (including phenoxy) is 4. The number of rotatable bonds is 8. The lowest BCUT2D eigenvalue weighted by Gasteiger charge is -2.27. The molecule has 0 bridgehead atoms. The highest BCUT2D eigenvalue weighted by atomic mass is 35.5. The van der Waals surface area contributed by atoms with Gasteiger partial charge in [0.15, 0.2) is 6.61 Å². The number of halogens is 1. The van der Waals surface area contributed by atoms with Crippen LogP contribution in [-0.4, -0.2) is 12.6 Å². The molecule has 1 heterocycles. The van der Waals surface area contributed by atoms with Gasteiger partial charge >= 0.3 is 5.97 Å². The Bertz CT molecular complexity index is 1580. The van der Waals surface area contributed by atoms with E-state index in [4.69, 9.17) is 36.3 Å². The third-order valence-corrected chi connectivity index (χ3v) is 6.36. The smallest absolute Gasteiger partial charge is 0.349 e. The molecule has 5 rings (SSSR count). The molecule has 0 spiro atoms. The fraction of sp³-hybridized carbons (Fsp3) is 0.0968. The number of fused-ring (bicyclic) bond motifs is 1. The first kappa shape index (κ1) is 25.7. The van der Waals surface area contributed by atoms with E-state index in [1.165, 1.54) is 0 Å². The van der Waals surface area contributed by atoms with E-state index in [2.05, 4.69) is 6.07 Å². The molecule has 2 N–H and O–H groups in total. The topological polar surface area (TPSA) is 104 Å². The molecule has 7 nitrogen and oxygen atoms in total. The first-order valence-electron chi connectivity index (χ1n) is 12.1. The number of hydrogen-bond donors (Lipinski definition) is 1. The Morgan fingerprint density at radius 2 is 1.72 bits per heavy atom. The van der Waals surface area contributed by atoms with Crippen LogP contribution in [0.3, 0.4) is 0 Å². The first-order valence-corrected chi connectivity index (χ1v) is 12.5. The molecular formula is C31H23ClN2O5. The van der Waals surface area contributed by atoms with Crippen LogP contribution in [0.5, 0.6) is 23.0 Å². The number of para-hydroxylation sites is 1. The number of nitriles is 1. The highest BCUT2D eigenvalue weighted by Crippen LogP contribution is 2.44. The first-order chi connectivity index (χ1) is 19.0. The van der Waals surface area contributed by atoms with E-state index in [1.807, 2.05) is 54.6 Å². The summed E-state index contributed by atoms with van der Waals surface area (Å²) in [5.41, 5.74) is 8.98. The lowest BCUT2D eigenvalue weighted by molar-refractivity contribution is -0.136. The Morgan fingerprint density at radius 3 is 2.51 bits per heavy atom. The maximum Gasteiger partial charge on any atom is 0.349 e. The van der Waals surface area contributed by atoms with Gasteiger partial charge in [0.2, 0.25) is 5.88 Å². The Kier molecular flexibility index (Phi) is 7.67. The molecule has 0 fully saturated rings. The van der Waals surface area contributed by atoms with Gasteiger partial charge in [-0.1, -0.05) is 72.3 Å². The molecule has 8 heteroatoms. The molecule has 1 unspecified atom stereocenters. The number of nitrogens with two attached hydrogens (primary N) is 1. The molecule has 1 aliphatic rings. The van der Waals surface area contributed by atoms with Gasteiger partial charge in [-0.25, -0.2) is 4.79 Å². The molecule has 39 heavy (non-hydrogen) atoms. The minimum absolute atomic E-state index is 0.0175. The van der Waals surface area contributed by atoms with E-state index in [0.29, 0.717) is 34.4 Å². The summed E-state index contributed by atoms with van der Waals surface area (Å²) in [5.74, 6) is 0.530. The van der Waals surface area contributed by atoms with Crippen molar-refractivity contribution in [3.63, 3.8) is 0 Å². The predicted octanol–water partition coefficient (Wildman–Crippen LogP) is 6.12. The van der Waals surface area contributed by atoms with E-state index in [0.717, 1.165) is 11.1 Å². The van der Waals surface area contributed by atoms with Crippen molar-refractivity contribution < 1.29 is 23.7 Å². The van der Waals surface area contributed by atoms with Crippen LogP contribution in [-0.2, 0) is 11.4 Å². The maximum atomic E-state index is 12.4. The Morgan fingerprint density at radius 1 is 0.923 bits per heavy atom. The molecule has 0 aromatic heterocycles. The zero-order valence-corrected chi connectivity index (χ0v) is 21.4. The average Bonchev–Trinajstić information content (AvgIpc) is 2.95. The van der Waals surface area contributed by atoms with Gasteiger partial charge in [0.1, 0.15) is 41.2 Å². The molecule has 1 aliphatic heterocycles. The van der Waals surface area contributed by atoms with Gasteiger partial charge in [0.25, 0.3) is 0 Å². The van der Waals surface area contributed by atoms with Gasteiger partial charge in [0, 0.05) is 11.6 Å². The molecule has 194 valence electrons. The number of esters is 1. The number of nitrogens with zero attached hydrogens (tertiary/aromatic N) is 1. The molecule has 0 aliphatic carbocycles. The zero-order valence-electron chi connectivity index (χ0n) is 20.7. The van der Waals surface area contributed by atoms with Crippen molar-refractivity contribution in [2.45, 2.75) is 12.5 Å². The maximum absolute atomic E-state index is 12.4. The SMILES string of the molecule is N#CC1=C(N)Oc2cc(OC(=O)COc3ccccc3Cl)ccc2C1c1cccc(OCc2ccccc2)c1. The van der Waals surface area contributed by atoms with E-state index in [-0.39, 0.29) is 23.8 Å².